The second-order valence-corrected chi connectivity index (χ2v) is 4.24. The summed E-state index contributed by atoms with van der Waals surface area (Å²) in [4.78, 5) is 9.94. The summed E-state index contributed by atoms with van der Waals surface area (Å²) >= 11 is 13.9. The lowest BCUT2D eigenvalue weighted by Gasteiger charge is -2.01. The van der Waals surface area contributed by atoms with Gasteiger partial charge in [-0.2, -0.15) is 5.10 Å². The van der Waals surface area contributed by atoms with E-state index in [-0.39, 0.29) is 0 Å². The molecule has 1 N–H and O–H groups in total. The van der Waals surface area contributed by atoms with Gasteiger partial charge in [-0.15, -0.1) is 0 Å². The minimum absolute atomic E-state index is 0.402. The standard InChI is InChI=1S/C6H6BrCl2N3O/c1-12-2-3(7)5(11-12)10-6(13)4(8)9/h2,4H,1H3,(H,10,11,13). The number of carbonyl (C=O) groups is 1. The van der Waals surface area contributed by atoms with E-state index in [1.165, 1.54) is 0 Å². The second kappa shape index (κ2) is 4.30. The van der Waals surface area contributed by atoms with Crippen LogP contribution in [0.5, 0.6) is 0 Å². The highest BCUT2D eigenvalue weighted by Gasteiger charge is 2.14. The van der Waals surface area contributed by atoms with Gasteiger partial charge < -0.3 is 5.32 Å². The zero-order valence-corrected chi connectivity index (χ0v) is 9.69. The fraction of sp³-hybridized carbons (Fsp3) is 0.333. The topological polar surface area (TPSA) is 46.9 Å². The Balaban J connectivity index is 2.74. The Hall–Kier alpha value is -0.260. The lowest BCUT2D eigenvalue weighted by molar-refractivity contribution is -0.114. The fourth-order valence-corrected chi connectivity index (χ4v) is 1.30. The molecule has 0 aliphatic rings. The third kappa shape index (κ3) is 2.86. The van der Waals surface area contributed by atoms with Crippen molar-refractivity contribution in [3.8, 4) is 0 Å². The maximum absolute atomic E-state index is 11.0. The van der Waals surface area contributed by atoms with E-state index in [0.29, 0.717) is 10.3 Å². The molecule has 1 rings (SSSR count). The van der Waals surface area contributed by atoms with Crippen molar-refractivity contribution in [2.45, 2.75) is 4.84 Å². The number of anilines is 1. The van der Waals surface area contributed by atoms with Crippen LogP contribution in [0.3, 0.4) is 0 Å². The first-order chi connectivity index (χ1) is 6.00. The molecule has 1 amide bonds. The molecule has 13 heavy (non-hydrogen) atoms. The van der Waals surface area contributed by atoms with Gasteiger partial charge >= 0.3 is 0 Å². The number of carbonyl (C=O) groups excluding carboxylic acids is 1. The molecule has 1 aromatic rings. The molecule has 0 saturated heterocycles. The SMILES string of the molecule is Cn1cc(Br)c(NC(=O)C(Cl)Cl)n1. The minimum Gasteiger partial charge on any atom is -0.306 e. The first kappa shape index (κ1) is 10.8. The molecule has 0 fully saturated rings. The highest BCUT2D eigenvalue weighted by atomic mass is 79.9. The van der Waals surface area contributed by atoms with Crippen molar-refractivity contribution in [3.63, 3.8) is 0 Å². The molecule has 0 bridgehead atoms. The van der Waals surface area contributed by atoms with Gasteiger partial charge in [0.1, 0.15) is 0 Å². The molecular formula is C6H6BrCl2N3O. The minimum atomic E-state index is -1.09. The zero-order chi connectivity index (χ0) is 10.0. The van der Waals surface area contributed by atoms with Gasteiger partial charge in [0.2, 0.25) is 0 Å². The van der Waals surface area contributed by atoms with E-state index >= 15 is 0 Å². The molecule has 4 nitrogen and oxygen atoms in total. The van der Waals surface area contributed by atoms with Crippen LogP contribution in [0, 0.1) is 0 Å². The molecule has 0 aromatic carbocycles. The molecule has 0 aliphatic heterocycles. The largest absolute Gasteiger partial charge is 0.306 e. The number of alkyl halides is 2. The van der Waals surface area contributed by atoms with Crippen molar-refractivity contribution in [3.05, 3.63) is 10.7 Å². The van der Waals surface area contributed by atoms with E-state index in [1.54, 1.807) is 17.9 Å². The van der Waals surface area contributed by atoms with E-state index in [0.717, 1.165) is 0 Å². The molecule has 7 heteroatoms. The number of aromatic nitrogens is 2. The van der Waals surface area contributed by atoms with E-state index in [4.69, 9.17) is 23.2 Å². The maximum atomic E-state index is 11.0. The van der Waals surface area contributed by atoms with Gasteiger partial charge in [0.05, 0.1) is 4.47 Å². The van der Waals surface area contributed by atoms with Crippen molar-refractivity contribution in [2.75, 3.05) is 5.32 Å². The summed E-state index contributed by atoms with van der Waals surface area (Å²) in [6.07, 6.45) is 1.70. The van der Waals surface area contributed by atoms with Gasteiger partial charge in [-0.25, -0.2) is 0 Å². The van der Waals surface area contributed by atoms with Crippen LogP contribution in [0.25, 0.3) is 0 Å². The third-order valence-electron chi connectivity index (χ3n) is 1.22. The number of aryl methyl sites for hydroxylation is 1. The molecule has 1 aromatic heterocycles. The Kier molecular flexibility index (Phi) is 3.58. The van der Waals surface area contributed by atoms with Gasteiger partial charge in [-0.3, -0.25) is 9.48 Å². The molecular weight excluding hydrogens is 281 g/mol. The zero-order valence-electron chi connectivity index (χ0n) is 6.59. The van der Waals surface area contributed by atoms with E-state index < -0.39 is 10.7 Å². The molecule has 1 heterocycles. The maximum Gasteiger partial charge on any atom is 0.258 e. The van der Waals surface area contributed by atoms with Crippen LogP contribution in [0.15, 0.2) is 10.7 Å². The Bertz CT molecular complexity index is 326. The fourth-order valence-electron chi connectivity index (χ4n) is 0.716. The van der Waals surface area contributed by atoms with Crippen molar-refractivity contribution in [1.82, 2.24) is 9.78 Å². The highest BCUT2D eigenvalue weighted by Crippen LogP contribution is 2.20. The summed E-state index contributed by atoms with van der Waals surface area (Å²) < 4.78 is 2.23. The number of amides is 1. The quantitative estimate of drug-likeness (QED) is 0.845. The Morgan fingerprint density at radius 2 is 2.38 bits per heavy atom. The smallest absolute Gasteiger partial charge is 0.258 e. The van der Waals surface area contributed by atoms with Gasteiger partial charge in [0.25, 0.3) is 5.91 Å². The van der Waals surface area contributed by atoms with Crippen molar-refractivity contribution >= 4 is 50.9 Å². The molecule has 0 atom stereocenters. The van der Waals surface area contributed by atoms with E-state index in [9.17, 15) is 4.79 Å². The summed E-state index contributed by atoms with van der Waals surface area (Å²) in [6.45, 7) is 0. The Morgan fingerprint density at radius 1 is 1.77 bits per heavy atom. The predicted molar refractivity (Wildman–Crippen MR) is 55.0 cm³/mol. The van der Waals surface area contributed by atoms with Crippen LogP contribution < -0.4 is 5.32 Å². The summed E-state index contributed by atoms with van der Waals surface area (Å²) in [5.74, 6) is -0.0958. The van der Waals surface area contributed by atoms with E-state index in [1.807, 2.05) is 0 Å². The van der Waals surface area contributed by atoms with Crippen LogP contribution in [0.4, 0.5) is 5.82 Å². The third-order valence-corrected chi connectivity index (χ3v) is 2.20. The van der Waals surface area contributed by atoms with Crippen LogP contribution in [-0.4, -0.2) is 20.5 Å². The second-order valence-electron chi connectivity index (χ2n) is 2.29. The predicted octanol–water partition coefficient (Wildman–Crippen LogP) is 1.92. The van der Waals surface area contributed by atoms with E-state index in [2.05, 4.69) is 26.3 Å². The lowest BCUT2D eigenvalue weighted by Crippen LogP contribution is -2.19. The number of hydrogen-bond acceptors (Lipinski definition) is 2. The first-order valence-electron chi connectivity index (χ1n) is 3.29. The summed E-state index contributed by atoms with van der Waals surface area (Å²) in [7, 11) is 1.74. The number of hydrogen-bond donors (Lipinski definition) is 1. The molecule has 0 spiro atoms. The molecule has 0 radical (unpaired) electrons. The molecule has 72 valence electrons. The molecule has 0 unspecified atom stereocenters. The average Bonchev–Trinajstić information content (AvgIpc) is 2.30. The highest BCUT2D eigenvalue weighted by molar-refractivity contribution is 9.10. The summed E-state index contributed by atoms with van der Waals surface area (Å²) in [5, 5.41) is 6.40. The Morgan fingerprint density at radius 3 is 2.77 bits per heavy atom. The van der Waals surface area contributed by atoms with Crippen molar-refractivity contribution in [2.24, 2.45) is 7.05 Å². The molecule has 0 aliphatic carbocycles. The van der Waals surface area contributed by atoms with Gasteiger partial charge in [0, 0.05) is 13.2 Å². The average molecular weight is 287 g/mol. The summed E-state index contributed by atoms with van der Waals surface area (Å²) in [6, 6.07) is 0. The molecule has 0 saturated carbocycles. The van der Waals surface area contributed by atoms with Gasteiger partial charge in [0.15, 0.2) is 10.7 Å². The van der Waals surface area contributed by atoms with Gasteiger partial charge in [-0.1, -0.05) is 23.2 Å². The lowest BCUT2D eigenvalue weighted by atomic mass is 10.6. The van der Waals surface area contributed by atoms with Crippen LogP contribution in [0.2, 0.25) is 0 Å². The first-order valence-corrected chi connectivity index (χ1v) is 4.95. The van der Waals surface area contributed by atoms with Crippen molar-refractivity contribution < 1.29 is 4.79 Å². The van der Waals surface area contributed by atoms with Gasteiger partial charge in [-0.05, 0) is 15.9 Å². The normalized spacial score (nSPS) is 10.5. The summed E-state index contributed by atoms with van der Waals surface area (Å²) in [5.41, 5.74) is 0. The van der Waals surface area contributed by atoms with Crippen LogP contribution >= 0.6 is 39.1 Å². The van der Waals surface area contributed by atoms with Crippen LogP contribution in [-0.2, 0) is 11.8 Å². The number of rotatable bonds is 2. The van der Waals surface area contributed by atoms with Crippen LogP contribution in [0.1, 0.15) is 0 Å². The number of halogens is 3. The number of nitrogens with zero attached hydrogens (tertiary/aromatic N) is 2. The monoisotopic (exact) mass is 285 g/mol. The Labute approximate surface area is 93.3 Å². The number of nitrogens with one attached hydrogen (secondary N) is 1. The van der Waals surface area contributed by atoms with Crippen molar-refractivity contribution in [1.29, 1.82) is 0 Å².